The SMILES string of the molecule is CC(C)Sc1ccc(C(=O)N(CCN(C)C)c2nc3ccc(S(C)(=O)=O)cc3s2)cc1.Cl. The molecule has 0 saturated carbocycles. The second-order valence-electron chi connectivity index (χ2n) is 7.85. The van der Waals surface area contributed by atoms with E-state index in [0.717, 1.165) is 9.60 Å². The maximum absolute atomic E-state index is 13.4. The lowest BCUT2D eigenvalue weighted by Crippen LogP contribution is -2.36. The number of sulfone groups is 1. The molecule has 0 fully saturated rings. The van der Waals surface area contributed by atoms with Crippen LogP contribution in [0.1, 0.15) is 24.2 Å². The van der Waals surface area contributed by atoms with Crippen LogP contribution in [0.15, 0.2) is 52.3 Å². The fraction of sp³-hybridized carbons (Fsp3) is 0.364. The summed E-state index contributed by atoms with van der Waals surface area (Å²) < 4.78 is 24.5. The van der Waals surface area contributed by atoms with Gasteiger partial charge in [-0.2, -0.15) is 0 Å². The number of carbonyl (C=O) groups is 1. The first-order valence-electron chi connectivity index (χ1n) is 9.88. The van der Waals surface area contributed by atoms with Gasteiger partial charge in [-0.25, -0.2) is 13.4 Å². The van der Waals surface area contributed by atoms with Crippen LogP contribution in [0.25, 0.3) is 10.2 Å². The van der Waals surface area contributed by atoms with Gasteiger partial charge in [-0.15, -0.1) is 24.2 Å². The summed E-state index contributed by atoms with van der Waals surface area (Å²) >= 11 is 3.08. The largest absolute Gasteiger partial charge is 0.308 e. The number of hydrogen-bond donors (Lipinski definition) is 0. The zero-order valence-electron chi connectivity index (χ0n) is 18.7. The van der Waals surface area contributed by atoms with Crippen molar-refractivity contribution in [1.82, 2.24) is 9.88 Å². The molecule has 0 bridgehead atoms. The molecule has 0 N–H and O–H groups in total. The molecule has 0 radical (unpaired) electrons. The molecule has 174 valence electrons. The second-order valence-corrected chi connectivity index (χ2v) is 12.5. The van der Waals surface area contributed by atoms with Crippen molar-refractivity contribution in [3.8, 4) is 0 Å². The third-order valence-electron chi connectivity index (χ3n) is 4.50. The van der Waals surface area contributed by atoms with Crippen LogP contribution in [0.2, 0.25) is 0 Å². The van der Waals surface area contributed by atoms with Crippen LogP contribution in [0.4, 0.5) is 5.13 Å². The Morgan fingerprint density at radius 3 is 2.31 bits per heavy atom. The van der Waals surface area contributed by atoms with Gasteiger partial charge >= 0.3 is 0 Å². The molecule has 6 nitrogen and oxygen atoms in total. The number of rotatable bonds is 8. The van der Waals surface area contributed by atoms with Crippen molar-refractivity contribution < 1.29 is 13.2 Å². The van der Waals surface area contributed by atoms with Crippen molar-refractivity contribution in [2.75, 3.05) is 38.3 Å². The first-order chi connectivity index (χ1) is 14.5. The highest BCUT2D eigenvalue weighted by atomic mass is 35.5. The topological polar surface area (TPSA) is 70.6 Å². The minimum Gasteiger partial charge on any atom is -0.308 e. The van der Waals surface area contributed by atoms with Gasteiger partial charge in [0.1, 0.15) is 0 Å². The van der Waals surface area contributed by atoms with Crippen LogP contribution in [0.5, 0.6) is 0 Å². The number of anilines is 1. The van der Waals surface area contributed by atoms with Crippen molar-refractivity contribution in [1.29, 1.82) is 0 Å². The van der Waals surface area contributed by atoms with Gasteiger partial charge in [-0.05, 0) is 56.6 Å². The normalized spacial score (nSPS) is 11.7. The zero-order valence-corrected chi connectivity index (χ0v) is 22.0. The lowest BCUT2D eigenvalue weighted by Gasteiger charge is -2.22. The van der Waals surface area contributed by atoms with Crippen LogP contribution in [0, 0.1) is 0 Å². The molecule has 0 aliphatic rings. The van der Waals surface area contributed by atoms with E-state index in [-0.39, 0.29) is 23.2 Å². The molecule has 0 aliphatic heterocycles. The highest BCUT2D eigenvalue weighted by Gasteiger charge is 2.22. The van der Waals surface area contributed by atoms with Gasteiger partial charge in [-0.3, -0.25) is 9.69 Å². The van der Waals surface area contributed by atoms with Gasteiger partial charge in [0, 0.05) is 35.1 Å². The number of likely N-dealkylation sites (N-methyl/N-ethyl adjacent to an activating group) is 1. The van der Waals surface area contributed by atoms with E-state index in [1.807, 2.05) is 43.3 Å². The molecular formula is C22H28ClN3O3S3. The molecule has 3 rings (SSSR count). The highest BCUT2D eigenvalue weighted by molar-refractivity contribution is 7.99. The Morgan fingerprint density at radius 2 is 1.75 bits per heavy atom. The van der Waals surface area contributed by atoms with E-state index in [1.54, 1.807) is 34.9 Å². The minimum atomic E-state index is -3.31. The lowest BCUT2D eigenvalue weighted by atomic mass is 10.2. The summed E-state index contributed by atoms with van der Waals surface area (Å²) in [6.07, 6.45) is 1.18. The average Bonchev–Trinajstić information content (AvgIpc) is 3.10. The molecule has 0 atom stereocenters. The number of amides is 1. The van der Waals surface area contributed by atoms with Crippen molar-refractivity contribution in [3.63, 3.8) is 0 Å². The molecule has 10 heteroatoms. The molecule has 0 spiro atoms. The number of carbonyl (C=O) groups excluding carboxylic acids is 1. The first-order valence-corrected chi connectivity index (χ1v) is 13.5. The first kappa shape index (κ1) is 26.6. The summed E-state index contributed by atoms with van der Waals surface area (Å²) in [4.78, 5) is 23.1. The molecule has 0 aliphatic carbocycles. The number of hydrogen-bond acceptors (Lipinski definition) is 7. The molecule has 0 unspecified atom stereocenters. The van der Waals surface area contributed by atoms with Crippen LogP contribution in [-0.4, -0.2) is 62.9 Å². The summed E-state index contributed by atoms with van der Waals surface area (Å²) in [6, 6.07) is 12.5. The van der Waals surface area contributed by atoms with E-state index < -0.39 is 9.84 Å². The smallest absolute Gasteiger partial charge is 0.260 e. The van der Waals surface area contributed by atoms with E-state index in [4.69, 9.17) is 0 Å². The number of halogens is 1. The van der Waals surface area contributed by atoms with Crippen molar-refractivity contribution in [2.45, 2.75) is 28.9 Å². The number of thiazole rings is 1. The minimum absolute atomic E-state index is 0. The third-order valence-corrected chi connectivity index (χ3v) is 7.66. The predicted molar refractivity (Wildman–Crippen MR) is 138 cm³/mol. The summed E-state index contributed by atoms with van der Waals surface area (Å²) in [7, 11) is 0.602. The summed E-state index contributed by atoms with van der Waals surface area (Å²) in [5, 5.41) is 1.03. The molecule has 0 saturated heterocycles. The van der Waals surface area contributed by atoms with Crippen LogP contribution in [-0.2, 0) is 9.84 Å². The van der Waals surface area contributed by atoms with Gasteiger partial charge in [-0.1, -0.05) is 25.2 Å². The highest BCUT2D eigenvalue weighted by Crippen LogP contribution is 2.32. The average molecular weight is 514 g/mol. The fourth-order valence-corrected chi connectivity index (χ4v) is 5.52. The molecule has 1 heterocycles. The molecule has 32 heavy (non-hydrogen) atoms. The Kier molecular flexibility index (Phi) is 9.13. The van der Waals surface area contributed by atoms with Crippen molar-refractivity contribution in [3.05, 3.63) is 48.0 Å². The monoisotopic (exact) mass is 513 g/mol. The molecule has 2 aromatic carbocycles. The number of benzene rings is 2. The maximum Gasteiger partial charge on any atom is 0.260 e. The van der Waals surface area contributed by atoms with E-state index >= 15 is 0 Å². The zero-order chi connectivity index (χ0) is 22.8. The predicted octanol–water partition coefficient (Wildman–Crippen LogP) is 4.83. The number of aromatic nitrogens is 1. The van der Waals surface area contributed by atoms with Crippen LogP contribution < -0.4 is 4.90 Å². The molecule has 1 amide bonds. The van der Waals surface area contributed by atoms with E-state index in [1.165, 1.54) is 17.6 Å². The summed E-state index contributed by atoms with van der Waals surface area (Å²) in [5.41, 5.74) is 1.28. The Hall–Kier alpha value is -1.65. The third kappa shape index (κ3) is 6.68. The van der Waals surface area contributed by atoms with Crippen molar-refractivity contribution >= 4 is 66.6 Å². The standard InChI is InChI=1S/C22H27N3O3S3.ClH/c1-15(2)29-17-8-6-16(7-9-17)21(26)25(13-12-24(3)4)22-23-19-11-10-18(31(5,27)28)14-20(19)30-22;/h6-11,14-15H,12-13H2,1-5H3;1H. The van der Waals surface area contributed by atoms with E-state index in [2.05, 4.69) is 18.8 Å². The molecule has 3 aromatic rings. The van der Waals surface area contributed by atoms with Crippen molar-refractivity contribution in [2.24, 2.45) is 0 Å². The molecular weight excluding hydrogens is 486 g/mol. The van der Waals surface area contributed by atoms with Gasteiger partial charge in [0.25, 0.3) is 5.91 Å². The van der Waals surface area contributed by atoms with Crippen LogP contribution >= 0.6 is 35.5 Å². The number of thioether (sulfide) groups is 1. The Balaban J connectivity index is 0.00000363. The van der Waals surface area contributed by atoms with Gasteiger partial charge in [0.2, 0.25) is 0 Å². The van der Waals surface area contributed by atoms with E-state index in [0.29, 0.717) is 34.6 Å². The fourth-order valence-electron chi connectivity index (χ4n) is 2.93. The van der Waals surface area contributed by atoms with Crippen LogP contribution in [0.3, 0.4) is 0 Å². The summed E-state index contributed by atoms with van der Waals surface area (Å²) in [6.45, 7) is 5.43. The maximum atomic E-state index is 13.4. The molecule has 1 aromatic heterocycles. The second kappa shape index (κ2) is 11.0. The Bertz CT molecular complexity index is 1180. The van der Waals surface area contributed by atoms with Gasteiger partial charge in [0.15, 0.2) is 15.0 Å². The lowest BCUT2D eigenvalue weighted by molar-refractivity contribution is 0.0985. The Labute approximate surface area is 204 Å². The van der Waals surface area contributed by atoms with Gasteiger partial charge < -0.3 is 4.90 Å². The summed E-state index contributed by atoms with van der Waals surface area (Å²) in [5.74, 6) is -0.120. The van der Waals surface area contributed by atoms with E-state index in [9.17, 15) is 13.2 Å². The number of nitrogens with zero attached hydrogens (tertiary/aromatic N) is 3. The number of fused-ring (bicyclic) bond motifs is 1. The Morgan fingerprint density at radius 1 is 1.09 bits per heavy atom. The van der Waals surface area contributed by atoms with Gasteiger partial charge in [0.05, 0.1) is 15.1 Å². The quantitative estimate of drug-likeness (QED) is 0.402.